The quantitative estimate of drug-likeness (QED) is 0.929. The Balaban J connectivity index is 2.25. The van der Waals surface area contributed by atoms with Crippen LogP contribution in [-0.2, 0) is 6.54 Å². The van der Waals surface area contributed by atoms with Crippen LogP contribution in [0.4, 0.5) is 5.82 Å². The minimum Gasteiger partial charge on any atom is -0.478 e. The summed E-state index contributed by atoms with van der Waals surface area (Å²) in [4.78, 5) is 17.4. The van der Waals surface area contributed by atoms with Gasteiger partial charge in [0.05, 0.1) is 5.56 Å². The lowest BCUT2D eigenvalue weighted by Crippen LogP contribution is -2.18. The van der Waals surface area contributed by atoms with Gasteiger partial charge in [-0.3, -0.25) is 0 Å². The van der Waals surface area contributed by atoms with E-state index >= 15 is 0 Å². The van der Waals surface area contributed by atoms with E-state index in [0.29, 0.717) is 18.1 Å². The van der Waals surface area contributed by atoms with Gasteiger partial charge in [-0.1, -0.05) is 28.1 Å². The Hall–Kier alpha value is -1.88. The van der Waals surface area contributed by atoms with Gasteiger partial charge in [0.25, 0.3) is 0 Å². The topological polar surface area (TPSA) is 53.4 Å². The van der Waals surface area contributed by atoms with E-state index in [1.807, 2.05) is 36.2 Å². The van der Waals surface area contributed by atoms with Gasteiger partial charge in [0.2, 0.25) is 0 Å². The van der Waals surface area contributed by atoms with Crippen LogP contribution >= 0.6 is 15.9 Å². The summed E-state index contributed by atoms with van der Waals surface area (Å²) < 4.78 is 1.02. The lowest BCUT2D eigenvalue weighted by atomic mass is 10.2. The number of carboxylic acid groups (broad SMARTS) is 1. The lowest BCUT2D eigenvalue weighted by molar-refractivity contribution is 0.0696. The average Bonchev–Trinajstić information content (AvgIpc) is 2.37. The second-order valence-corrected chi connectivity index (χ2v) is 5.56. The third-order valence-corrected chi connectivity index (χ3v) is 3.38. The van der Waals surface area contributed by atoms with E-state index in [9.17, 15) is 4.79 Å². The minimum absolute atomic E-state index is 0.258. The molecule has 0 unspecified atom stereocenters. The first kappa shape index (κ1) is 14.5. The maximum absolute atomic E-state index is 11.1. The predicted molar refractivity (Wildman–Crippen MR) is 82.2 cm³/mol. The summed E-state index contributed by atoms with van der Waals surface area (Å²) in [5.74, 6) is -0.282. The number of aromatic nitrogens is 1. The Morgan fingerprint density at radius 1 is 1.35 bits per heavy atom. The molecule has 0 atom stereocenters. The van der Waals surface area contributed by atoms with E-state index in [4.69, 9.17) is 5.11 Å². The summed E-state index contributed by atoms with van der Waals surface area (Å²) in [5.41, 5.74) is 2.08. The van der Waals surface area contributed by atoms with Crippen LogP contribution in [0.2, 0.25) is 0 Å². The number of aryl methyl sites for hydroxylation is 1. The van der Waals surface area contributed by atoms with Crippen molar-refractivity contribution in [2.75, 3.05) is 11.9 Å². The summed E-state index contributed by atoms with van der Waals surface area (Å²) in [5, 5.41) is 9.09. The molecule has 4 nitrogen and oxygen atoms in total. The number of pyridine rings is 1. The number of hydrogen-bond donors (Lipinski definition) is 1. The number of aromatic carboxylic acids is 1. The van der Waals surface area contributed by atoms with E-state index in [0.717, 1.165) is 10.0 Å². The van der Waals surface area contributed by atoms with Crippen molar-refractivity contribution in [2.45, 2.75) is 13.5 Å². The van der Waals surface area contributed by atoms with E-state index in [2.05, 4.69) is 20.9 Å². The molecule has 0 fully saturated rings. The van der Waals surface area contributed by atoms with Crippen LogP contribution in [0.1, 0.15) is 21.6 Å². The molecule has 0 aliphatic carbocycles. The van der Waals surface area contributed by atoms with Crippen molar-refractivity contribution in [1.82, 2.24) is 4.98 Å². The van der Waals surface area contributed by atoms with E-state index in [1.165, 1.54) is 0 Å². The van der Waals surface area contributed by atoms with Crippen molar-refractivity contribution in [2.24, 2.45) is 0 Å². The van der Waals surface area contributed by atoms with Crippen molar-refractivity contribution in [3.8, 4) is 0 Å². The molecule has 1 aromatic carbocycles. The fraction of sp³-hybridized carbons (Fsp3) is 0.200. The summed E-state index contributed by atoms with van der Waals surface area (Å²) >= 11 is 3.44. The van der Waals surface area contributed by atoms with Gasteiger partial charge >= 0.3 is 5.97 Å². The molecule has 0 saturated heterocycles. The number of halogens is 1. The molecule has 0 bridgehead atoms. The van der Waals surface area contributed by atoms with Crippen molar-refractivity contribution in [1.29, 1.82) is 0 Å². The van der Waals surface area contributed by atoms with Gasteiger partial charge < -0.3 is 10.0 Å². The Morgan fingerprint density at radius 3 is 2.75 bits per heavy atom. The molecule has 0 aliphatic rings. The van der Waals surface area contributed by atoms with Crippen LogP contribution in [-0.4, -0.2) is 23.1 Å². The maximum atomic E-state index is 11.1. The average molecular weight is 335 g/mol. The Morgan fingerprint density at radius 2 is 2.10 bits per heavy atom. The van der Waals surface area contributed by atoms with E-state index in [-0.39, 0.29) is 5.56 Å². The molecular weight excluding hydrogens is 320 g/mol. The fourth-order valence-corrected chi connectivity index (χ4v) is 2.41. The van der Waals surface area contributed by atoms with E-state index in [1.54, 1.807) is 19.1 Å². The molecule has 0 saturated carbocycles. The van der Waals surface area contributed by atoms with Crippen LogP contribution in [0, 0.1) is 6.92 Å². The number of rotatable bonds is 4. The van der Waals surface area contributed by atoms with Crippen molar-refractivity contribution >= 4 is 27.7 Å². The highest BCUT2D eigenvalue weighted by molar-refractivity contribution is 9.10. The van der Waals surface area contributed by atoms with Gasteiger partial charge in [-0.15, -0.1) is 0 Å². The van der Waals surface area contributed by atoms with Crippen molar-refractivity contribution in [3.63, 3.8) is 0 Å². The molecule has 0 radical (unpaired) electrons. The molecule has 1 N–H and O–H groups in total. The molecule has 0 amide bonds. The summed E-state index contributed by atoms with van der Waals surface area (Å²) in [6.45, 7) is 2.46. The Bertz CT molecular complexity index is 644. The number of anilines is 1. The Kier molecular flexibility index (Phi) is 4.39. The normalized spacial score (nSPS) is 10.3. The van der Waals surface area contributed by atoms with Crippen LogP contribution in [0.5, 0.6) is 0 Å². The predicted octanol–water partition coefficient (Wildman–Crippen LogP) is 3.49. The van der Waals surface area contributed by atoms with Crippen molar-refractivity contribution < 1.29 is 9.90 Å². The molecule has 2 rings (SSSR count). The van der Waals surface area contributed by atoms with Crippen LogP contribution in [0.3, 0.4) is 0 Å². The first-order valence-electron chi connectivity index (χ1n) is 6.13. The molecule has 1 aromatic heterocycles. The monoisotopic (exact) mass is 334 g/mol. The molecule has 2 aromatic rings. The molecule has 1 heterocycles. The van der Waals surface area contributed by atoms with Gasteiger partial charge in [-0.2, -0.15) is 0 Å². The SMILES string of the molecule is Cc1cc(C(=O)O)cc(N(C)Cc2cccc(Br)c2)n1. The van der Waals surface area contributed by atoms with Crippen LogP contribution in [0.15, 0.2) is 40.9 Å². The number of hydrogen-bond acceptors (Lipinski definition) is 3. The summed E-state index contributed by atoms with van der Waals surface area (Å²) in [7, 11) is 1.90. The standard InChI is InChI=1S/C15H15BrN2O2/c1-10-6-12(15(19)20)8-14(17-10)18(2)9-11-4-3-5-13(16)7-11/h3-8H,9H2,1-2H3,(H,19,20). The second-order valence-electron chi connectivity index (χ2n) is 4.65. The number of carbonyl (C=O) groups is 1. The number of benzene rings is 1. The smallest absolute Gasteiger partial charge is 0.335 e. The zero-order chi connectivity index (χ0) is 14.7. The fourth-order valence-electron chi connectivity index (χ4n) is 1.96. The second kappa shape index (κ2) is 6.05. The zero-order valence-corrected chi connectivity index (χ0v) is 12.9. The van der Waals surface area contributed by atoms with Crippen LogP contribution in [0.25, 0.3) is 0 Å². The van der Waals surface area contributed by atoms with Gasteiger partial charge in [0.15, 0.2) is 0 Å². The molecule has 0 aliphatic heterocycles. The first-order valence-corrected chi connectivity index (χ1v) is 6.92. The highest BCUT2D eigenvalue weighted by atomic mass is 79.9. The molecule has 104 valence electrons. The lowest BCUT2D eigenvalue weighted by Gasteiger charge is -2.19. The third-order valence-electron chi connectivity index (χ3n) is 2.89. The molecule has 5 heteroatoms. The van der Waals surface area contributed by atoms with Gasteiger partial charge in [0.1, 0.15) is 5.82 Å². The maximum Gasteiger partial charge on any atom is 0.335 e. The first-order chi connectivity index (χ1) is 9.45. The van der Waals surface area contributed by atoms with Crippen LogP contribution < -0.4 is 4.90 Å². The zero-order valence-electron chi connectivity index (χ0n) is 11.3. The minimum atomic E-state index is -0.937. The number of carboxylic acids is 1. The van der Waals surface area contributed by atoms with Gasteiger partial charge in [-0.25, -0.2) is 9.78 Å². The largest absolute Gasteiger partial charge is 0.478 e. The molecule has 0 spiro atoms. The summed E-state index contributed by atoms with van der Waals surface area (Å²) in [6.07, 6.45) is 0. The highest BCUT2D eigenvalue weighted by Gasteiger charge is 2.10. The van der Waals surface area contributed by atoms with Crippen molar-refractivity contribution in [3.05, 3.63) is 57.7 Å². The van der Waals surface area contributed by atoms with Gasteiger partial charge in [-0.05, 0) is 36.8 Å². The number of nitrogens with zero attached hydrogens (tertiary/aromatic N) is 2. The molecular formula is C15H15BrN2O2. The van der Waals surface area contributed by atoms with E-state index < -0.39 is 5.97 Å². The van der Waals surface area contributed by atoms with Gasteiger partial charge in [0, 0.05) is 23.8 Å². The highest BCUT2D eigenvalue weighted by Crippen LogP contribution is 2.18. The molecule has 20 heavy (non-hydrogen) atoms. The Labute approximate surface area is 126 Å². The summed E-state index contributed by atoms with van der Waals surface area (Å²) in [6, 6.07) is 11.2. The third kappa shape index (κ3) is 3.57.